The zero-order valence-corrected chi connectivity index (χ0v) is 13.2. The highest BCUT2D eigenvalue weighted by Gasteiger charge is 2.10. The van der Waals surface area contributed by atoms with Crippen molar-refractivity contribution in [2.75, 3.05) is 6.26 Å². The van der Waals surface area contributed by atoms with Gasteiger partial charge in [0.1, 0.15) is 5.82 Å². The van der Waals surface area contributed by atoms with Gasteiger partial charge in [-0.2, -0.15) is 0 Å². The Morgan fingerprint density at radius 3 is 2.50 bits per heavy atom. The van der Waals surface area contributed by atoms with Crippen LogP contribution in [0.4, 0.5) is 4.39 Å². The summed E-state index contributed by atoms with van der Waals surface area (Å²) in [5, 5.41) is 0. The second-order valence-electron chi connectivity index (χ2n) is 4.98. The molecule has 22 heavy (non-hydrogen) atoms. The van der Waals surface area contributed by atoms with E-state index in [9.17, 15) is 4.39 Å². The van der Waals surface area contributed by atoms with Crippen molar-refractivity contribution in [3.63, 3.8) is 0 Å². The molecule has 3 rings (SSSR count). The van der Waals surface area contributed by atoms with Gasteiger partial charge >= 0.3 is 0 Å². The maximum Gasteiger partial charge on any atom is 0.160 e. The minimum atomic E-state index is -0.247. The number of benzene rings is 2. The van der Waals surface area contributed by atoms with E-state index >= 15 is 0 Å². The van der Waals surface area contributed by atoms with Gasteiger partial charge in [-0.1, -0.05) is 29.8 Å². The summed E-state index contributed by atoms with van der Waals surface area (Å²) in [4.78, 5) is 9.81. The topological polar surface area (TPSA) is 25.8 Å². The van der Waals surface area contributed by atoms with E-state index in [2.05, 4.69) is 29.0 Å². The molecule has 0 N–H and O–H groups in total. The number of aryl methyl sites for hydroxylation is 1. The zero-order chi connectivity index (χ0) is 15.5. The van der Waals surface area contributed by atoms with Gasteiger partial charge in [-0.05, 0) is 37.4 Å². The van der Waals surface area contributed by atoms with Gasteiger partial charge in [-0.3, -0.25) is 0 Å². The van der Waals surface area contributed by atoms with Crippen molar-refractivity contribution in [2.45, 2.75) is 11.8 Å². The normalized spacial score (nSPS) is 10.7. The number of hydrogen-bond acceptors (Lipinski definition) is 3. The summed E-state index contributed by atoms with van der Waals surface area (Å²) in [6, 6.07) is 14.8. The summed E-state index contributed by atoms with van der Waals surface area (Å²) in [5.74, 6) is 0.366. The van der Waals surface area contributed by atoms with Crippen LogP contribution in [0.25, 0.3) is 22.6 Å². The molecular weight excluding hydrogens is 295 g/mol. The molecule has 110 valence electrons. The molecule has 0 unspecified atom stereocenters. The minimum Gasteiger partial charge on any atom is -0.237 e. The fourth-order valence-electron chi connectivity index (χ4n) is 2.22. The number of aromatic nitrogens is 2. The van der Waals surface area contributed by atoms with Crippen LogP contribution < -0.4 is 0 Å². The lowest BCUT2D eigenvalue weighted by Crippen LogP contribution is -1.93. The molecule has 0 atom stereocenters. The highest BCUT2D eigenvalue weighted by Crippen LogP contribution is 2.29. The monoisotopic (exact) mass is 310 g/mol. The summed E-state index contributed by atoms with van der Waals surface area (Å²) in [6.07, 6.45) is 3.66. The molecule has 4 heteroatoms. The third-order valence-electron chi connectivity index (χ3n) is 3.41. The Morgan fingerprint density at radius 2 is 1.77 bits per heavy atom. The van der Waals surface area contributed by atoms with Gasteiger partial charge < -0.3 is 0 Å². The van der Waals surface area contributed by atoms with Gasteiger partial charge in [0, 0.05) is 22.2 Å². The molecule has 0 fully saturated rings. The van der Waals surface area contributed by atoms with E-state index in [1.54, 1.807) is 12.3 Å². The summed E-state index contributed by atoms with van der Waals surface area (Å²) < 4.78 is 13.4. The fourth-order valence-corrected chi connectivity index (χ4v) is 2.83. The molecule has 1 aromatic heterocycles. The molecule has 0 spiro atoms. The van der Waals surface area contributed by atoms with Crippen molar-refractivity contribution in [1.29, 1.82) is 0 Å². The average Bonchev–Trinajstić information content (AvgIpc) is 2.55. The Bertz CT molecular complexity index is 800. The second-order valence-corrected chi connectivity index (χ2v) is 5.82. The maximum absolute atomic E-state index is 13.4. The number of rotatable bonds is 3. The van der Waals surface area contributed by atoms with Gasteiger partial charge in [0.05, 0.1) is 5.69 Å². The summed E-state index contributed by atoms with van der Waals surface area (Å²) in [6.45, 7) is 2.05. The molecule has 2 aromatic carbocycles. The fraction of sp³-hybridized carbons (Fsp3) is 0.111. The van der Waals surface area contributed by atoms with Crippen molar-refractivity contribution < 1.29 is 4.39 Å². The Kier molecular flexibility index (Phi) is 4.20. The Morgan fingerprint density at radius 1 is 1.00 bits per heavy atom. The molecule has 0 amide bonds. The summed E-state index contributed by atoms with van der Waals surface area (Å²) in [5.41, 5.74) is 3.97. The number of nitrogens with zero attached hydrogens (tertiary/aromatic N) is 2. The Labute approximate surface area is 133 Å². The smallest absolute Gasteiger partial charge is 0.160 e. The molecule has 0 aliphatic carbocycles. The van der Waals surface area contributed by atoms with E-state index in [1.165, 1.54) is 29.5 Å². The molecule has 0 aliphatic rings. The minimum absolute atomic E-state index is 0.247. The van der Waals surface area contributed by atoms with Crippen LogP contribution >= 0.6 is 11.8 Å². The molecule has 0 saturated heterocycles. The van der Waals surface area contributed by atoms with Crippen LogP contribution in [-0.4, -0.2) is 16.2 Å². The van der Waals surface area contributed by atoms with Crippen molar-refractivity contribution in [1.82, 2.24) is 9.97 Å². The van der Waals surface area contributed by atoms with Crippen LogP contribution in [0.15, 0.2) is 59.6 Å². The molecule has 0 radical (unpaired) electrons. The molecule has 0 bridgehead atoms. The third-order valence-corrected chi connectivity index (χ3v) is 4.18. The zero-order valence-electron chi connectivity index (χ0n) is 12.4. The first-order valence-corrected chi connectivity index (χ1v) is 8.14. The van der Waals surface area contributed by atoms with E-state index in [4.69, 9.17) is 0 Å². The highest BCUT2D eigenvalue weighted by atomic mass is 32.2. The van der Waals surface area contributed by atoms with Crippen molar-refractivity contribution in [3.05, 3.63) is 66.1 Å². The van der Waals surface area contributed by atoms with Crippen molar-refractivity contribution in [3.8, 4) is 22.6 Å². The van der Waals surface area contributed by atoms with Crippen LogP contribution in [0.5, 0.6) is 0 Å². The molecule has 0 aliphatic heterocycles. The SMILES string of the molecule is CSc1cc(F)ccc1-c1nccc(-c2ccc(C)cc2)n1. The standard InChI is InChI=1S/C18H15FN2S/c1-12-3-5-13(6-4-12)16-9-10-20-18(21-16)15-8-7-14(19)11-17(15)22-2/h3-11H,1-2H3. The lowest BCUT2D eigenvalue weighted by molar-refractivity contribution is 0.624. The van der Waals surface area contributed by atoms with Crippen molar-refractivity contribution in [2.24, 2.45) is 0 Å². The lowest BCUT2D eigenvalue weighted by atomic mass is 10.1. The Hall–Kier alpha value is -2.20. The van der Waals surface area contributed by atoms with Gasteiger partial charge in [-0.25, -0.2) is 14.4 Å². The first-order valence-electron chi connectivity index (χ1n) is 6.91. The quantitative estimate of drug-likeness (QED) is 0.638. The van der Waals surface area contributed by atoms with Gasteiger partial charge in [0.15, 0.2) is 5.82 Å². The van der Waals surface area contributed by atoms with Gasteiger partial charge in [0.2, 0.25) is 0 Å². The molecule has 3 aromatic rings. The van der Waals surface area contributed by atoms with Crippen LogP contribution in [0, 0.1) is 12.7 Å². The maximum atomic E-state index is 13.4. The third kappa shape index (κ3) is 3.02. The van der Waals surface area contributed by atoms with E-state index in [-0.39, 0.29) is 5.82 Å². The first-order chi connectivity index (χ1) is 10.7. The number of halogens is 1. The lowest BCUT2D eigenvalue weighted by Gasteiger charge is -2.08. The van der Waals surface area contributed by atoms with E-state index in [0.717, 1.165) is 21.7 Å². The van der Waals surface area contributed by atoms with Crippen molar-refractivity contribution >= 4 is 11.8 Å². The summed E-state index contributed by atoms with van der Waals surface area (Å²) in [7, 11) is 0. The van der Waals surface area contributed by atoms with Gasteiger partial charge in [0.25, 0.3) is 0 Å². The van der Waals surface area contributed by atoms with Crippen LogP contribution in [-0.2, 0) is 0 Å². The predicted octanol–water partition coefficient (Wildman–Crippen LogP) is 4.98. The highest BCUT2D eigenvalue weighted by molar-refractivity contribution is 7.98. The van der Waals surface area contributed by atoms with Crippen LogP contribution in [0.3, 0.4) is 0 Å². The molecule has 0 saturated carbocycles. The molecule has 1 heterocycles. The van der Waals surface area contributed by atoms with Crippen LogP contribution in [0.1, 0.15) is 5.56 Å². The predicted molar refractivity (Wildman–Crippen MR) is 89.4 cm³/mol. The first kappa shape index (κ1) is 14.7. The Balaban J connectivity index is 2.06. The molecule has 2 nitrogen and oxygen atoms in total. The second kappa shape index (κ2) is 6.28. The number of hydrogen-bond donors (Lipinski definition) is 0. The van der Waals surface area contributed by atoms with Crippen LogP contribution in [0.2, 0.25) is 0 Å². The average molecular weight is 310 g/mol. The van der Waals surface area contributed by atoms with E-state index < -0.39 is 0 Å². The molecular formula is C18H15FN2S. The largest absolute Gasteiger partial charge is 0.237 e. The summed E-state index contributed by atoms with van der Waals surface area (Å²) >= 11 is 1.49. The number of thioether (sulfide) groups is 1. The van der Waals surface area contributed by atoms with Gasteiger partial charge in [-0.15, -0.1) is 11.8 Å². The van der Waals surface area contributed by atoms with E-state index in [1.807, 2.05) is 24.5 Å². The van der Waals surface area contributed by atoms with E-state index in [0.29, 0.717) is 5.82 Å².